The summed E-state index contributed by atoms with van der Waals surface area (Å²) in [5.74, 6) is 1.15. The smallest absolute Gasteiger partial charge is 0.222 e. The Morgan fingerprint density at radius 3 is 2.62 bits per heavy atom. The summed E-state index contributed by atoms with van der Waals surface area (Å²) in [6.45, 7) is 3.64. The molecule has 0 saturated carbocycles. The number of hydrogen-bond acceptors (Lipinski definition) is 3. The summed E-state index contributed by atoms with van der Waals surface area (Å²) in [5, 5.41) is 0. The minimum atomic E-state index is -0.333. The van der Waals surface area contributed by atoms with Gasteiger partial charge in [-0.25, -0.2) is 9.37 Å². The van der Waals surface area contributed by atoms with Crippen LogP contribution in [0, 0.1) is 19.7 Å². The molecule has 1 heterocycles. The van der Waals surface area contributed by atoms with Gasteiger partial charge in [-0.1, -0.05) is 6.07 Å². The zero-order valence-electron chi connectivity index (χ0n) is 9.07. The van der Waals surface area contributed by atoms with E-state index in [9.17, 15) is 4.39 Å². The average molecular weight is 218 g/mol. The van der Waals surface area contributed by atoms with Crippen molar-refractivity contribution in [3.8, 4) is 11.6 Å². The van der Waals surface area contributed by atoms with Crippen molar-refractivity contribution in [3.05, 3.63) is 47.7 Å². The van der Waals surface area contributed by atoms with Gasteiger partial charge < -0.3 is 4.74 Å². The predicted octanol–water partition coefficient (Wildman–Crippen LogP) is 3.02. The molecule has 0 aliphatic rings. The first kappa shape index (κ1) is 10.5. The summed E-state index contributed by atoms with van der Waals surface area (Å²) < 4.78 is 18.3. The Labute approximate surface area is 92.9 Å². The van der Waals surface area contributed by atoms with E-state index in [1.54, 1.807) is 25.1 Å². The van der Waals surface area contributed by atoms with Crippen LogP contribution in [-0.2, 0) is 0 Å². The molecule has 0 N–H and O–H groups in total. The molecule has 82 valence electrons. The Bertz CT molecular complexity index is 494. The summed E-state index contributed by atoms with van der Waals surface area (Å²) in [6.07, 6.45) is 0. The number of aryl methyl sites for hydroxylation is 2. The summed E-state index contributed by atoms with van der Waals surface area (Å²) in [7, 11) is 0. The lowest BCUT2D eigenvalue weighted by molar-refractivity contribution is 0.454. The maximum absolute atomic E-state index is 12.9. The molecule has 0 aliphatic heterocycles. The van der Waals surface area contributed by atoms with Crippen LogP contribution in [0.1, 0.15) is 11.5 Å². The van der Waals surface area contributed by atoms with Crippen molar-refractivity contribution in [1.82, 2.24) is 9.97 Å². The van der Waals surface area contributed by atoms with E-state index in [1.807, 2.05) is 6.92 Å². The maximum atomic E-state index is 12.9. The molecule has 0 unspecified atom stereocenters. The molecule has 0 saturated heterocycles. The first-order chi connectivity index (χ1) is 7.63. The summed E-state index contributed by atoms with van der Waals surface area (Å²) in [5.41, 5.74) is 0.818. The molecule has 0 amide bonds. The van der Waals surface area contributed by atoms with Gasteiger partial charge in [-0.15, -0.1) is 0 Å². The number of nitrogens with zero attached hydrogens (tertiary/aromatic N) is 2. The molecule has 4 heteroatoms. The average Bonchev–Trinajstić information content (AvgIpc) is 2.15. The largest absolute Gasteiger partial charge is 0.439 e. The topological polar surface area (TPSA) is 35.0 Å². The SMILES string of the molecule is Cc1cc(Oc2cccc(F)c2)nc(C)n1. The number of benzene rings is 1. The molecule has 1 aromatic heterocycles. The number of hydrogen-bond donors (Lipinski definition) is 0. The third-order valence-electron chi connectivity index (χ3n) is 1.96. The second-order valence-corrected chi connectivity index (χ2v) is 3.45. The Kier molecular flexibility index (Phi) is 2.81. The van der Waals surface area contributed by atoms with Gasteiger partial charge in [0.25, 0.3) is 0 Å². The first-order valence-corrected chi connectivity index (χ1v) is 4.89. The number of aromatic nitrogens is 2. The Morgan fingerprint density at radius 1 is 1.12 bits per heavy atom. The molecular formula is C12H11FN2O. The van der Waals surface area contributed by atoms with E-state index in [-0.39, 0.29) is 5.82 Å². The zero-order chi connectivity index (χ0) is 11.5. The van der Waals surface area contributed by atoms with E-state index in [0.29, 0.717) is 17.5 Å². The Morgan fingerprint density at radius 2 is 1.94 bits per heavy atom. The van der Waals surface area contributed by atoms with Crippen molar-refractivity contribution >= 4 is 0 Å². The van der Waals surface area contributed by atoms with Crippen LogP contribution >= 0.6 is 0 Å². The van der Waals surface area contributed by atoms with Crippen LogP contribution in [-0.4, -0.2) is 9.97 Å². The van der Waals surface area contributed by atoms with E-state index >= 15 is 0 Å². The molecule has 0 radical (unpaired) electrons. The van der Waals surface area contributed by atoms with Crippen molar-refractivity contribution in [2.45, 2.75) is 13.8 Å². The molecule has 0 fully saturated rings. The maximum Gasteiger partial charge on any atom is 0.222 e. The summed E-state index contributed by atoms with van der Waals surface area (Å²) in [4.78, 5) is 8.23. The lowest BCUT2D eigenvalue weighted by atomic mass is 10.3. The van der Waals surface area contributed by atoms with E-state index in [4.69, 9.17) is 4.74 Å². The van der Waals surface area contributed by atoms with Gasteiger partial charge in [0.1, 0.15) is 17.4 Å². The van der Waals surface area contributed by atoms with Crippen LogP contribution < -0.4 is 4.74 Å². The molecule has 3 nitrogen and oxygen atoms in total. The highest BCUT2D eigenvalue weighted by Gasteiger charge is 2.02. The highest BCUT2D eigenvalue weighted by atomic mass is 19.1. The molecule has 0 atom stereocenters. The van der Waals surface area contributed by atoms with Crippen molar-refractivity contribution in [2.75, 3.05) is 0 Å². The molecule has 2 aromatic rings. The van der Waals surface area contributed by atoms with Crippen molar-refractivity contribution < 1.29 is 9.13 Å². The third kappa shape index (κ3) is 2.53. The Hall–Kier alpha value is -1.97. The van der Waals surface area contributed by atoms with Gasteiger partial charge in [0, 0.05) is 17.8 Å². The van der Waals surface area contributed by atoms with E-state index in [1.165, 1.54) is 12.1 Å². The van der Waals surface area contributed by atoms with Crippen LogP contribution in [0.3, 0.4) is 0 Å². The molecule has 0 bridgehead atoms. The quantitative estimate of drug-likeness (QED) is 0.777. The lowest BCUT2D eigenvalue weighted by Crippen LogP contribution is -1.95. The van der Waals surface area contributed by atoms with E-state index < -0.39 is 0 Å². The highest BCUT2D eigenvalue weighted by molar-refractivity contribution is 5.28. The number of halogens is 1. The molecular weight excluding hydrogens is 207 g/mol. The minimum absolute atomic E-state index is 0.333. The highest BCUT2D eigenvalue weighted by Crippen LogP contribution is 2.20. The van der Waals surface area contributed by atoms with Gasteiger partial charge in [0.2, 0.25) is 5.88 Å². The molecule has 1 aromatic carbocycles. The van der Waals surface area contributed by atoms with Crippen LogP contribution in [0.4, 0.5) is 4.39 Å². The normalized spacial score (nSPS) is 10.2. The zero-order valence-corrected chi connectivity index (χ0v) is 9.07. The monoisotopic (exact) mass is 218 g/mol. The fourth-order valence-corrected chi connectivity index (χ4v) is 1.39. The van der Waals surface area contributed by atoms with Gasteiger partial charge >= 0.3 is 0 Å². The van der Waals surface area contributed by atoms with Crippen molar-refractivity contribution in [3.63, 3.8) is 0 Å². The molecule has 0 aliphatic carbocycles. The van der Waals surface area contributed by atoms with Crippen LogP contribution in [0.2, 0.25) is 0 Å². The van der Waals surface area contributed by atoms with Crippen LogP contribution in [0.25, 0.3) is 0 Å². The van der Waals surface area contributed by atoms with Crippen LogP contribution in [0.5, 0.6) is 11.6 Å². The van der Waals surface area contributed by atoms with E-state index in [2.05, 4.69) is 9.97 Å². The third-order valence-corrected chi connectivity index (χ3v) is 1.96. The van der Waals surface area contributed by atoms with Gasteiger partial charge in [-0.05, 0) is 26.0 Å². The Balaban J connectivity index is 2.27. The fraction of sp³-hybridized carbons (Fsp3) is 0.167. The molecule has 16 heavy (non-hydrogen) atoms. The second-order valence-electron chi connectivity index (χ2n) is 3.45. The van der Waals surface area contributed by atoms with Gasteiger partial charge in [0.05, 0.1) is 0 Å². The van der Waals surface area contributed by atoms with Crippen molar-refractivity contribution in [1.29, 1.82) is 0 Å². The van der Waals surface area contributed by atoms with Gasteiger partial charge in [-0.3, -0.25) is 0 Å². The fourth-order valence-electron chi connectivity index (χ4n) is 1.39. The minimum Gasteiger partial charge on any atom is -0.439 e. The summed E-state index contributed by atoms with van der Waals surface area (Å²) >= 11 is 0. The predicted molar refractivity (Wildman–Crippen MR) is 58.0 cm³/mol. The van der Waals surface area contributed by atoms with Gasteiger partial charge in [-0.2, -0.15) is 4.98 Å². The molecule has 2 rings (SSSR count). The summed E-state index contributed by atoms with van der Waals surface area (Å²) in [6, 6.07) is 7.65. The number of ether oxygens (including phenoxy) is 1. The lowest BCUT2D eigenvalue weighted by Gasteiger charge is -2.05. The standard InChI is InChI=1S/C12H11FN2O/c1-8-6-12(15-9(2)14-8)16-11-5-3-4-10(13)7-11/h3-7H,1-2H3. The van der Waals surface area contributed by atoms with Crippen LogP contribution in [0.15, 0.2) is 30.3 Å². The second kappa shape index (κ2) is 4.26. The van der Waals surface area contributed by atoms with Gasteiger partial charge in [0.15, 0.2) is 0 Å². The number of rotatable bonds is 2. The first-order valence-electron chi connectivity index (χ1n) is 4.89. The molecule has 0 spiro atoms. The van der Waals surface area contributed by atoms with E-state index in [0.717, 1.165) is 5.69 Å². The van der Waals surface area contributed by atoms with Crippen molar-refractivity contribution in [2.24, 2.45) is 0 Å².